The Hall–Kier alpha value is -2.31. The molecule has 1 unspecified atom stereocenters. The first-order valence-corrected chi connectivity index (χ1v) is 6.33. The van der Waals surface area contributed by atoms with Crippen molar-refractivity contribution >= 4 is 17.8 Å². The van der Waals surface area contributed by atoms with E-state index in [1.165, 1.54) is 12.1 Å². The number of carbonyl (C=O) groups excluding carboxylic acids is 2. The molecule has 0 saturated carbocycles. The normalized spacial score (nSPS) is 11.8. The van der Waals surface area contributed by atoms with Gasteiger partial charge in [0.1, 0.15) is 6.04 Å². The zero-order chi connectivity index (χ0) is 15.3. The van der Waals surface area contributed by atoms with Crippen LogP contribution in [0.25, 0.3) is 0 Å². The van der Waals surface area contributed by atoms with Gasteiger partial charge in [-0.1, -0.05) is 0 Å². The predicted octanol–water partition coefficient (Wildman–Crippen LogP) is 0.964. The molecule has 1 aromatic heterocycles. The molecule has 7 heteroatoms. The summed E-state index contributed by atoms with van der Waals surface area (Å²) in [6.07, 6.45) is 0. The topological polar surface area (TPSA) is 99.9 Å². The summed E-state index contributed by atoms with van der Waals surface area (Å²) in [6, 6.07) is 1.74. The maximum atomic E-state index is 12.0. The van der Waals surface area contributed by atoms with Crippen LogP contribution in [0.15, 0.2) is 16.5 Å². The fourth-order valence-electron chi connectivity index (χ4n) is 1.71. The first kappa shape index (κ1) is 15.7. The summed E-state index contributed by atoms with van der Waals surface area (Å²) in [5.74, 6) is -2.53. The molecular formula is C13H18N2O5. The molecule has 2 amide bonds. The van der Waals surface area contributed by atoms with E-state index in [9.17, 15) is 14.4 Å². The minimum Gasteiger partial charge on any atom is -0.475 e. The lowest BCUT2D eigenvalue weighted by atomic mass is 10.2. The molecule has 20 heavy (non-hydrogen) atoms. The maximum absolute atomic E-state index is 12.0. The third kappa shape index (κ3) is 3.59. The number of carboxylic acids is 1. The van der Waals surface area contributed by atoms with Crippen LogP contribution in [-0.2, 0) is 4.79 Å². The number of rotatable bonds is 6. The predicted molar refractivity (Wildman–Crippen MR) is 70.5 cm³/mol. The van der Waals surface area contributed by atoms with E-state index in [-0.39, 0.29) is 17.4 Å². The molecule has 0 bridgehead atoms. The van der Waals surface area contributed by atoms with Crippen molar-refractivity contribution in [3.63, 3.8) is 0 Å². The maximum Gasteiger partial charge on any atom is 0.371 e. The van der Waals surface area contributed by atoms with Gasteiger partial charge < -0.3 is 19.7 Å². The molecule has 0 aliphatic heterocycles. The SMILES string of the molecule is CCN(CC)C(=O)C(C)NC(=O)c1ccc(C(=O)O)o1. The summed E-state index contributed by atoms with van der Waals surface area (Å²) in [4.78, 5) is 36.0. The van der Waals surface area contributed by atoms with E-state index < -0.39 is 17.9 Å². The van der Waals surface area contributed by atoms with Gasteiger partial charge in [0.2, 0.25) is 11.7 Å². The number of likely N-dealkylation sites (N-methyl/N-ethyl adjacent to an activating group) is 1. The van der Waals surface area contributed by atoms with E-state index in [2.05, 4.69) is 5.32 Å². The second kappa shape index (κ2) is 6.74. The van der Waals surface area contributed by atoms with Crippen LogP contribution >= 0.6 is 0 Å². The zero-order valence-corrected chi connectivity index (χ0v) is 11.7. The summed E-state index contributed by atoms with van der Waals surface area (Å²) in [6.45, 7) is 6.38. The molecule has 0 aliphatic carbocycles. The largest absolute Gasteiger partial charge is 0.475 e. The molecule has 1 rings (SSSR count). The van der Waals surface area contributed by atoms with E-state index in [1.807, 2.05) is 13.8 Å². The Morgan fingerprint density at radius 1 is 1.25 bits per heavy atom. The Bertz CT molecular complexity index is 505. The van der Waals surface area contributed by atoms with Crippen molar-refractivity contribution in [2.24, 2.45) is 0 Å². The van der Waals surface area contributed by atoms with Crippen LogP contribution in [-0.4, -0.2) is 46.9 Å². The summed E-state index contributed by atoms with van der Waals surface area (Å²) >= 11 is 0. The van der Waals surface area contributed by atoms with Crippen molar-refractivity contribution in [2.75, 3.05) is 13.1 Å². The monoisotopic (exact) mass is 282 g/mol. The van der Waals surface area contributed by atoms with Gasteiger partial charge in [-0.3, -0.25) is 9.59 Å². The minimum atomic E-state index is -1.25. The van der Waals surface area contributed by atoms with Crippen LogP contribution in [0.4, 0.5) is 0 Å². The molecule has 0 fully saturated rings. The number of hydrogen-bond donors (Lipinski definition) is 2. The van der Waals surface area contributed by atoms with E-state index in [1.54, 1.807) is 11.8 Å². The van der Waals surface area contributed by atoms with Crippen molar-refractivity contribution in [3.8, 4) is 0 Å². The molecule has 1 heterocycles. The average Bonchev–Trinajstić information content (AvgIpc) is 2.89. The van der Waals surface area contributed by atoms with E-state index in [0.717, 1.165) is 0 Å². The van der Waals surface area contributed by atoms with Gasteiger partial charge in [0, 0.05) is 13.1 Å². The van der Waals surface area contributed by atoms with Crippen molar-refractivity contribution in [1.82, 2.24) is 10.2 Å². The number of aromatic carboxylic acids is 1. The van der Waals surface area contributed by atoms with Crippen LogP contribution in [0.3, 0.4) is 0 Å². The van der Waals surface area contributed by atoms with E-state index >= 15 is 0 Å². The van der Waals surface area contributed by atoms with Gasteiger partial charge in [0.25, 0.3) is 5.91 Å². The fraction of sp³-hybridized carbons (Fsp3) is 0.462. The lowest BCUT2D eigenvalue weighted by Crippen LogP contribution is -2.46. The smallest absolute Gasteiger partial charge is 0.371 e. The molecule has 0 saturated heterocycles. The number of carbonyl (C=O) groups is 3. The summed E-state index contributed by atoms with van der Waals surface area (Å²) < 4.78 is 4.86. The van der Waals surface area contributed by atoms with Crippen LogP contribution in [0.2, 0.25) is 0 Å². The number of furan rings is 1. The van der Waals surface area contributed by atoms with Crippen molar-refractivity contribution in [3.05, 3.63) is 23.7 Å². The van der Waals surface area contributed by atoms with Gasteiger partial charge in [0.05, 0.1) is 0 Å². The third-order valence-corrected chi connectivity index (χ3v) is 2.83. The van der Waals surface area contributed by atoms with Crippen LogP contribution < -0.4 is 5.32 Å². The highest BCUT2D eigenvalue weighted by Crippen LogP contribution is 2.08. The molecule has 7 nitrogen and oxygen atoms in total. The quantitative estimate of drug-likeness (QED) is 0.809. The van der Waals surface area contributed by atoms with Crippen molar-refractivity contribution in [1.29, 1.82) is 0 Å². The number of nitrogens with one attached hydrogen (secondary N) is 1. The Labute approximate surface area is 116 Å². The first-order valence-electron chi connectivity index (χ1n) is 6.33. The van der Waals surface area contributed by atoms with E-state index in [4.69, 9.17) is 9.52 Å². The van der Waals surface area contributed by atoms with Gasteiger partial charge in [-0.2, -0.15) is 0 Å². The van der Waals surface area contributed by atoms with Gasteiger partial charge >= 0.3 is 5.97 Å². The molecule has 0 spiro atoms. The Morgan fingerprint density at radius 2 is 1.80 bits per heavy atom. The van der Waals surface area contributed by atoms with Crippen LogP contribution in [0.5, 0.6) is 0 Å². The van der Waals surface area contributed by atoms with Crippen LogP contribution in [0.1, 0.15) is 41.9 Å². The lowest BCUT2D eigenvalue weighted by Gasteiger charge is -2.23. The number of carboxylic acid groups (broad SMARTS) is 1. The summed E-state index contributed by atoms with van der Waals surface area (Å²) in [5.41, 5.74) is 0. The van der Waals surface area contributed by atoms with Crippen molar-refractivity contribution in [2.45, 2.75) is 26.8 Å². The fourth-order valence-corrected chi connectivity index (χ4v) is 1.71. The summed E-state index contributed by atoms with van der Waals surface area (Å²) in [5, 5.41) is 11.2. The highest BCUT2D eigenvalue weighted by Gasteiger charge is 2.22. The van der Waals surface area contributed by atoms with Crippen LogP contribution in [0, 0.1) is 0 Å². The van der Waals surface area contributed by atoms with E-state index in [0.29, 0.717) is 13.1 Å². The average molecular weight is 282 g/mol. The lowest BCUT2D eigenvalue weighted by molar-refractivity contribution is -0.132. The summed E-state index contributed by atoms with van der Waals surface area (Å²) in [7, 11) is 0. The highest BCUT2D eigenvalue weighted by molar-refractivity contribution is 5.96. The Kier molecular flexibility index (Phi) is 5.31. The standard InChI is InChI=1S/C13H18N2O5/c1-4-15(5-2)12(17)8(3)14-11(16)9-6-7-10(20-9)13(18)19/h6-8H,4-5H2,1-3H3,(H,14,16)(H,18,19). The molecule has 110 valence electrons. The second-order valence-corrected chi connectivity index (χ2v) is 4.17. The zero-order valence-electron chi connectivity index (χ0n) is 11.7. The molecule has 1 aromatic rings. The second-order valence-electron chi connectivity index (χ2n) is 4.17. The number of nitrogens with zero attached hydrogens (tertiary/aromatic N) is 1. The molecule has 1 atom stereocenters. The number of hydrogen-bond acceptors (Lipinski definition) is 4. The minimum absolute atomic E-state index is 0.137. The molecule has 0 aliphatic rings. The van der Waals surface area contributed by atoms with Gasteiger partial charge in [-0.05, 0) is 32.9 Å². The van der Waals surface area contributed by atoms with Gasteiger partial charge in [-0.15, -0.1) is 0 Å². The van der Waals surface area contributed by atoms with Crippen molar-refractivity contribution < 1.29 is 23.9 Å². The Balaban J connectivity index is 2.69. The highest BCUT2D eigenvalue weighted by atomic mass is 16.4. The third-order valence-electron chi connectivity index (χ3n) is 2.83. The molecule has 0 aromatic carbocycles. The number of amides is 2. The molecular weight excluding hydrogens is 264 g/mol. The first-order chi connectivity index (χ1) is 9.40. The molecule has 0 radical (unpaired) electrons. The molecule has 2 N–H and O–H groups in total. The van der Waals surface area contributed by atoms with Gasteiger partial charge in [-0.25, -0.2) is 4.79 Å². The Morgan fingerprint density at radius 3 is 2.25 bits per heavy atom. The van der Waals surface area contributed by atoms with Gasteiger partial charge in [0.15, 0.2) is 5.76 Å².